The summed E-state index contributed by atoms with van der Waals surface area (Å²) in [6, 6.07) is 12.8. The van der Waals surface area contributed by atoms with Crippen molar-refractivity contribution in [2.45, 2.75) is 11.7 Å². The molecule has 2 saturated heterocycles. The van der Waals surface area contributed by atoms with Crippen LogP contribution in [0.15, 0.2) is 42.5 Å². The topological polar surface area (TPSA) is 113 Å². The zero-order valence-electron chi connectivity index (χ0n) is 18.6. The van der Waals surface area contributed by atoms with Gasteiger partial charge in [-0.1, -0.05) is 12.1 Å². The molecule has 2 aromatic rings. The van der Waals surface area contributed by atoms with Crippen LogP contribution < -0.4 is 40.6 Å². The number of methoxy groups -OCH3 is 3. The third kappa shape index (κ3) is 4.95. The normalized spacial score (nSPS) is 21.7. The van der Waals surface area contributed by atoms with Crippen molar-refractivity contribution in [1.29, 1.82) is 0 Å². The Morgan fingerprint density at radius 2 is 1.85 bits per heavy atom. The molecule has 0 bridgehead atoms. The highest BCUT2D eigenvalue weighted by molar-refractivity contribution is 8.00. The lowest BCUT2D eigenvalue weighted by Gasteiger charge is -2.37. The number of fused-ring (bicyclic) bond motifs is 1. The van der Waals surface area contributed by atoms with E-state index in [0.29, 0.717) is 29.5 Å². The molecule has 0 saturated carbocycles. The second-order valence-electron chi connectivity index (χ2n) is 7.44. The number of benzene rings is 2. The van der Waals surface area contributed by atoms with Crippen molar-refractivity contribution < 1.29 is 23.8 Å². The predicted octanol–water partition coefficient (Wildman–Crippen LogP) is 1.35. The Labute approximate surface area is 196 Å². The van der Waals surface area contributed by atoms with Gasteiger partial charge < -0.3 is 24.8 Å². The lowest BCUT2D eigenvalue weighted by Crippen LogP contribution is -2.63. The van der Waals surface area contributed by atoms with E-state index in [2.05, 4.69) is 21.4 Å². The number of nitrogens with one attached hydrogen (secondary N) is 4. The van der Waals surface area contributed by atoms with Crippen molar-refractivity contribution >= 4 is 35.0 Å². The van der Waals surface area contributed by atoms with Gasteiger partial charge in [0.05, 0.1) is 38.7 Å². The Kier molecular flexibility index (Phi) is 7.11. The number of carbonyl (C=O) groups excluding carboxylic acids is 2. The van der Waals surface area contributed by atoms with Gasteiger partial charge in [-0.25, -0.2) is 5.43 Å². The second kappa shape index (κ2) is 10.2. The molecule has 0 spiro atoms. The molecule has 33 heavy (non-hydrogen) atoms. The average Bonchev–Trinajstić information content (AvgIpc) is 3.27. The first kappa shape index (κ1) is 23.0. The number of hydrogen-bond acceptors (Lipinski definition) is 9. The molecule has 2 aliphatic rings. The number of amides is 2. The largest absolute Gasteiger partial charge is 0.495 e. The van der Waals surface area contributed by atoms with Crippen LogP contribution in [0.2, 0.25) is 0 Å². The lowest BCUT2D eigenvalue weighted by molar-refractivity contribution is -0.127. The van der Waals surface area contributed by atoms with Crippen molar-refractivity contribution in [3.63, 3.8) is 0 Å². The summed E-state index contributed by atoms with van der Waals surface area (Å²) in [7, 11) is 4.71. The van der Waals surface area contributed by atoms with Gasteiger partial charge in [-0.05, 0) is 24.3 Å². The molecule has 0 radical (unpaired) electrons. The summed E-state index contributed by atoms with van der Waals surface area (Å²) in [6.07, 6.45) is -0.276. The Bertz CT molecular complexity index is 1020. The van der Waals surface area contributed by atoms with E-state index in [1.54, 1.807) is 32.4 Å². The number of rotatable bonds is 8. The first-order valence-corrected chi connectivity index (χ1v) is 11.4. The molecule has 2 amide bonds. The molecule has 0 aromatic heterocycles. The third-order valence-corrected chi connectivity index (χ3v) is 6.48. The van der Waals surface area contributed by atoms with Crippen molar-refractivity contribution in [3.05, 3.63) is 42.5 Å². The maximum Gasteiger partial charge on any atom is 0.234 e. The van der Waals surface area contributed by atoms with Gasteiger partial charge in [0.1, 0.15) is 17.4 Å². The number of nitrogens with zero attached hydrogens (tertiary/aromatic N) is 1. The van der Waals surface area contributed by atoms with Crippen LogP contribution in [0, 0.1) is 5.92 Å². The number of carbonyl (C=O) groups is 2. The molecule has 4 N–H and O–H groups in total. The molecule has 11 heteroatoms. The van der Waals surface area contributed by atoms with Gasteiger partial charge in [0.15, 0.2) is 11.5 Å². The number of thioether (sulfide) groups is 1. The van der Waals surface area contributed by atoms with Crippen molar-refractivity contribution in [2.24, 2.45) is 5.92 Å². The summed E-state index contributed by atoms with van der Waals surface area (Å²) in [4.78, 5) is 25.2. The summed E-state index contributed by atoms with van der Waals surface area (Å²) < 4.78 is 16.0. The molecule has 2 fully saturated rings. The number of hydrogen-bond donors (Lipinski definition) is 4. The molecule has 2 heterocycles. The van der Waals surface area contributed by atoms with Gasteiger partial charge in [0, 0.05) is 18.3 Å². The van der Waals surface area contributed by atoms with Crippen LogP contribution in [0.4, 0.5) is 11.4 Å². The Morgan fingerprint density at radius 3 is 2.61 bits per heavy atom. The summed E-state index contributed by atoms with van der Waals surface area (Å²) in [5.74, 6) is 1.42. The quantitative estimate of drug-likeness (QED) is 0.451. The van der Waals surface area contributed by atoms with Gasteiger partial charge in [-0.15, -0.1) is 11.8 Å². The summed E-state index contributed by atoms with van der Waals surface area (Å²) >= 11 is 1.31. The Hall–Kier alpha value is -3.15. The fourth-order valence-electron chi connectivity index (χ4n) is 3.87. The summed E-state index contributed by atoms with van der Waals surface area (Å²) in [6.45, 7) is 0.499. The molecule has 2 aliphatic heterocycles. The molecule has 3 unspecified atom stereocenters. The van der Waals surface area contributed by atoms with Gasteiger partial charge in [-0.3, -0.25) is 19.9 Å². The first-order chi connectivity index (χ1) is 16.0. The van der Waals surface area contributed by atoms with E-state index in [9.17, 15) is 9.59 Å². The van der Waals surface area contributed by atoms with E-state index < -0.39 is 5.50 Å². The minimum absolute atomic E-state index is 0.0681. The van der Waals surface area contributed by atoms with E-state index in [4.69, 9.17) is 14.2 Å². The van der Waals surface area contributed by atoms with Crippen molar-refractivity contribution in [3.8, 4) is 17.2 Å². The standard InChI is InChI=1S/C22H27N5O5S/c1-30-16-7-5-4-6-15(16)27-20-14(11-23-27)21(29)26-22(25-20)33-12-19(28)24-13-8-9-17(31-2)18(10-13)32-3/h4-10,14,20,22-23,25H,11-12H2,1-3H3,(H,24,28)(H,26,29). The number of hydrazine groups is 1. The highest BCUT2D eigenvalue weighted by atomic mass is 32.2. The summed E-state index contributed by atoms with van der Waals surface area (Å²) in [5, 5.41) is 11.1. The number of ether oxygens (including phenoxy) is 3. The van der Waals surface area contributed by atoms with E-state index in [1.165, 1.54) is 18.9 Å². The molecular formula is C22H27N5O5S. The fourth-order valence-corrected chi connectivity index (χ4v) is 4.70. The van der Waals surface area contributed by atoms with Crippen LogP contribution in [0.25, 0.3) is 0 Å². The smallest absolute Gasteiger partial charge is 0.234 e. The molecule has 4 rings (SSSR count). The van der Waals surface area contributed by atoms with E-state index in [0.717, 1.165) is 5.69 Å². The molecular weight excluding hydrogens is 446 g/mol. The second-order valence-corrected chi connectivity index (χ2v) is 8.53. The van der Waals surface area contributed by atoms with Crippen LogP contribution in [0.1, 0.15) is 0 Å². The fraction of sp³-hybridized carbons (Fsp3) is 0.364. The molecule has 10 nitrogen and oxygen atoms in total. The van der Waals surface area contributed by atoms with Crippen LogP contribution in [0.5, 0.6) is 17.2 Å². The van der Waals surface area contributed by atoms with E-state index >= 15 is 0 Å². The van der Waals surface area contributed by atoms with Gasteiger partial charge in [-0.2, -0.15) is 0 Å². The van der Waals surface area contributed by atoms with E-state index in [-0.39, 0.29) is 29.7 Å². The minimum Gasteiger partial charge on any atom is -0.495 e. The maximum atomic E-state index is 12.7. The Morgan fingerprint density at radius 1 is 1.09 bits per heavy atom. The van der Waals surface area contributed by atoms with Gasteiger partial charge in [0.2, 0.25) is 11.8 Å². The Balaban J connectivity index is 1.37. The van der Waals surface area contributed by atoms with Crippen molar-refractivity contribution in [2.75, 3.05) is 44.0 Å². The lowest BCUT2D eigenvalue weighted by atomic mass is 10.0. The van der Waals surface area contributed by atoms with Gasteiger partial charge in [0.25, 0.3) is 0 Å². The zero-order chi connectivity index (χ0) is 23.4. The van der Waals surface area contributed by atoms with Crippen LogP contribution in [0.3, 0.4) is 0 Å². The molecule has 176 valence electrons. The van der Waals surface area contributed by atoms with Crippen LogP contribution in [-0.2, 0) is 9.59 Å². The monoisotopic (exact) mass is 473 g/mol. The molecule has 0 aliphatic carbocycles. The van der Waals surface area contributed by atoms with Crippen LogP contribution in [-0.4, -0.2) is 57.1 Å². The van der Waals surface area contributed by atoms with Crippen LogP contribution >= 0.6 is 11.8 Å². The number of anilines is 2. The first-order valence-electron chi connectivity index (χ1n) is 10.4. The molecule has 2 aromatic carbocycles. The highest BCUT2D eigenvalue weighted by Gasteiger charge is 2.44. The third-order valence-electron chi connectivity index (χ3n) is 5.47. The summed E-state index contributed by atoms with van der Waals surface area (Å²) in [5.41, 5.74) is 4.29. The van der Waals surface area contributed by atoms with Gasteiger partial charge >= 0.3 is 0 Å². The predicted molar refractivity (Wildman–Crippen MR) is 126 cm³/mol. The highest BCUT2D eigenvalue weighted by Crippen LogP contribution is 2.33. The maximum absolute atomic E-state index is 12.7. The van der Waals surface area contributed by atoms with E-state index in [1.807, 2.05) is 29.3 Å². The molecule has 3 atom stereocenters. The number of para-hydroxylation sites is 2. The SMILES string of the molecule is COc1ccc(NC(=O)CSC2NC(=O)C3CNN(c4ccccc4OC)C3N2)cc1OC. The average molecular weight is 474 g/mol. The van der Waals surface area contributed by atoms with Crippen molar-refractivity contribution in [1.82, 2.24) is 16.1 Å². The zero-order valence-corrected chi connectivity index (χ0v) is 19.4. The minimum atomic E-state index is -0.424.